The van der Waals surface area contributed by atoms with E-state index in [1.165, 1.54) is 308 Å². The number of azo groups is 1. The van der Waals surface area contributed by atoms with E-state index < -0.39 is 0 Å². The SMILES string of the molecule is CCCCCCCCCCCCOc1cc(-c2nnc(-c3ccc(N=Nc4ccc(-c5nnc(-c6cc(OCCCCCCCCCCCC)c(OCCCCCCCCCCCC)c(OCCCCCCCCCCCC)c6)s5)cc4)cc3)s2)cc(OCCCCCCCCCCCC)c1OCCCCCCCCCCCC. The van der Waals surface area contributed by atoms with Crippen molar-refractivity contribution in [3.63, 3.8) is 0 Å². The van der Waals surface area contributed by atoms with E-state index in [0.717, 1.165) is 165 Å². The number of aromatic nitrogens is 4. The molecule has 6 rings (SSSR count). The summed E-state index contributed by atoms with van der Waals surface area (Å²) in [6.07, 6.45) is 76.7. The van der Waals surface area contributed by atoms with Crippen LogP contribution in [0.25, 0.3) is 42.3 Å². The summed E-state index contributed by atoms with van der Waals surface area (Å²) >= 11 is 3.15. The van der Waals surface area contributed by atoms with Gasteiger partial charge in [0.15, 0.2) is 23.0 Å². The van der Waals surface area contributed by atoms with E-state index in [2.05, 4.69) is 100 Å². The maximum absolute atomic E-state index is 6.78. The number of benzene rings is 4. The Labute approximate surface area is 704 Å². The summed E-state index contributed by atoms with van der Waals surface area (Å²) in [7, 11) is 0. The van der Waals surface area contributed by atoms with Gasteiger partial charge in [0.25, 0.3) is 0 Å². The van der Waals surface area contributed by atoms with Crippen molar-refractivity contribution in [2.24, 2.45) is 10.2 Å². The second-order valence-corrected chi connectivity index (χ2v) is 34.9. The van der Waals surface area contributed by atoms with Gasteiger partial charge >= 0.3 is 0 Å². The van der Waals surface area contributed by atoms with Crippen LogP contribution in [-0.4, -0.2) is 60.0 Å². The van der Waals surface area contributed by atoms with Crippen LogP contribution in [0, 0.1) is 0 Å². The zero-order valence-electron chi connectivity index (χ0n) is 73.5. The van der Waals surface area contributed by atoms with Gasteiger partial charge in [-0.05, 0) is 111 Å². The topological polar surface area (TPSA) is 132 Å². The lowest BCUT2D eigenvalue weighted by molar-refractivity contribution is 0.234. The van der Waals surface area contributed by atoms with E-state index in [9.17, 15) is 0 Å². The molecule has 2 aromatic heterocycles. The van der Waals surface area contributed by atoms with E-state index in [1.54, 1.807) is 22.7 Å². The highest BCUT2D eigenvalue weighted by Crippen LogP contribution is 2.46. The predicted octanol–water partition coefficient (Wildman–Crippen LogP) is 34.3. The average Bonchev–Trinajstić information content (AvgIpc) is 1.64. The summed E-state index contributed by atoms with van der Waals surface area (Å²) < 4.78 is 40.7. The Bertz CT molecular complexity index is 2950. The first-order valence-electron chi connectivity index (χ1n) is 47.9. The first-order chi connectivity index (χ1) is 56.5. The number of unbranched alkanes of at least 4 members (excludes halogenated alkanes) is 54. The third-order valence-electron chi connectivity index (χ3n) is 22.4. The second kappa shape index (κ2) is 67.3. The van der Waals surface area contributed by atoms with Crippen molar-refractivity contribution in [3.8, 4) is 76.8 Å². The number of hydrogen-bond acceptors (Lipinski definition) is 14. The van der Waals surface area contributed by atoms with Gasteiger partial charge in [0.05, 0.1) is 51.0 Å². The molecule has 0 saturated carbocycles. The van der Waals surface area contributed by atoms with E-state index in [0.29, 0.717) is 39.6 Å². The molecule has 640 valence electrons. The molecule has 0 saturated heterocycles. The third kappa shape index (κ3) is 44.3. The van der Waals surface area contributed by atoms with Gasteiger partial charge in [0, 0.05) is 22.3 Å². The fraction of sp³-hybridized carbons (Fsp3) is 0.720. The zero-order valence-corrected chi connectivity index (χ0v) is 75.2. The van der Waals surface area contributed by atoms with Crippen LogP contribution >= 0.6 is 22.7 Å². The standard InChI is InChI=1S/C100H162N6O6S2/c1-7-13-19-25-31-37-43-49-55-61-75-107-91-81-87(82-92(108-76-62-56-50-44-38-32-26-20-14-8-2)95(91)111-79-65-59-53-47-41-35-29-23-17-11-5)99-105-103-97(113-99)85-67-71-89(72-68-85)101-102-90-73-69-86(70-74-90)98-104-106-100(114-98)88-83-93(109-77-63-57-51-45-39-33-27-21-15-9-3)96(112-80-66-60-54-48-42-36-30-24-18-12-6)94(84-88)110-78-64-58-52-46-40-34-28-22-16-10-4/h67-74,81-84H,7-66,75-80H2,1-6H3. The van der Waals surface area contributed by atoms with Gasteiger partial charge in [-0.3, -0.25) is 0 Å². The molecule has 12 nitrogen and oxygen atoms in total. The molecular weight excluding hydrogens is 1450 g/mol. The van der Waals surface area contributed by atoms with Gasteiger partial charge < -0.3 is 28.4 Å². The Morgan fingerprint density at radius 1 is 0.202 bits per heavy atom. The Balaban J connectivity index is 1.14. The van der Waals surface area contributed by atoms with E-state index in [-0.39, 0.29) is 0 Å². The second-order valence-electron chi connectivity index (χ2n) is 32.9. The minimum atomic E-state index is 0.633. The minimum Gasteiger partial charge on any atom is -0.490 e. The number of rotatable bonds is 78. The first-order valence-corrected chi connectivity index (χ1v) is 49.5. The maximum atomic E-state index is 6.78. The summed E-state index contributed by atoms with van der Waals surface area (Å²) in [5.41, 5.74) is 5.29. The van der Waals surface area contributed by atoms with Gasteiger partial charge in [-0.2, -0.15) is 10.2 Å². The summed E-state index contributed by atoms with van der Waals surface area (Å²) in [5.74, 6) is 4.42. The molecule has 0 fully saturated rings. The van der Waals surface area contributed by atoms with Crippen LogP contribution in [0.4, 0.5) is 11.4 Å². The van der Waals surface area contributed by atoms with Crippen LogP contribution in [-0.2, 0) is 0 Å². The fourth-order valence-corrected chi connectivity index (χ4v) is 16.8. The summed E-state index contributed by atoms with van der Waals surface area (Å²) in [5, 5.41) is 31.8. The Kier molecular flexibility index (Phi) is 57.4. The highest BCUT2D eigenvalue weighted by molar-refractivity contribution is 7.18. The molecule has 0 aliphatic carbocycles. The van der Waals surface area contributed by atoms with Crippen LogP contribution in [0.2, 0.25) is 0 Å². The van der Waals surface area contributed by atoms with Gasteiger partial charge in [-0.25, -0.2) is 0 Å². The molecule has 14 heteroatoms. The highest BCUT2D eigenvalue weighted by atomic mass is 32.1. The lowest BCUT2D eigenvalue weighted by atomic mass is 10.1. The Hall–Kier alpha value is -5.60. The van der Waals surface area contributed by atoms with E-state index in [1.807, 2.05) is 24.3 Å². The molecule has 0 unspecified atom stereocenters. The van der Waals surface area contributed by atoms with Crippen molar-refractivity contribution in [1.82, 2.24) is 20.4 Å². The molecule has 0 aliphatic heterocycles. The molecule has 0 amide bonds. The molecule has 114 heavy (non-hydrogen) atoms. The van der Waals surface area contributed by atoms with Crippen molar-refractivity contribution < 1.29 is 28.4 Å². The maximum Gasteiger partial charge on any atom is 0.203 e. The molecule has 2 heterocycles. The van der Waals surface area contributed by atoms with E-state index >= 15 is 0 Å². The number of nitrogens with zero attached hydrogens (tertiary/aromatic N) is 6. The van der Waals surface area contributed by atoms with Crippen LogP contribution in [0.3, 0.4) is 0 Å². The molecule has 0 spiro atoms. The van der Waals surface area contributed by atoms with Gasteiger partial charge in [0.1, 0.15) is 20.0 Å². The number of hydrogen-bond donors (Lipinski definition) is 0. The molecular formula is C100H162N6O6S2. The fourth-order valence-electron chi connectivity index (χ4n) is 15.1. The lowest BCUT2D eigenvalue weighted by Gasteiger charge is -2.18. The molecule has 4 aromatic carbocycles. The van der Waals surface area contributed by atoms with E-state index in [4.69, 9.17) is 48.8 Å². The third-order valence-corrected chi connectivity index (χ3v) is 24.4. The van der Waals surface area contributed by atoms with Crippen LogP contribution < -0.4 is 28.4 Å². The summed E-state index contributed by atoms with van der Waals surface area (Å²) in [6, 6.07) is 24.7. The minimum absolute atomic E-state index is 0.633. The van der Waals surface area contributed by atoms with Gasteiger partial charge in [-0.15, -0.1) is 20.4 Å². The van der Waals surface area contributed by atoms with Crippen molar-refractivity contribution >= 4 is 34.0 Å². The van der Waals surface area contributed by atoms with Crippen molar-refractivity contribution in [1.29, 1.82) is 0 Å². The monoisotopic (exact) mass is 1610 g/mol. The summed E-state index contributed by atoms with van der Waals surface area (Å²) in [6.45, 7) is 17.6. The van der Waals surface area contributed by atoms with Gasteiger partial charge in [-0.1, -0.05) is 411 Å². The molecule has 0 aliphatic rings. The molecule has 0 bridgehead atoms. The molecule has 0 N–H and O–H groups in total. The first kappa shape index (κ1) is 97.2. The summed E-state index contributed by atoms with van der Waals surface area (Å²) in [4.78, 5) is 0. The molecule has 0 radical (unpaired) electrons. The smallest absolute Gasteiger partial charge is 0.203 e. The quantitative estimate of drug-likeness (QED) is 0.0269. The normalized spacial score (nSPS) is 11.6. The molecule has 0 atom stereocenters. The number of ether oxygens (including phenoxy) is 6. The lowest BCUT2D eigenvalue weighted by Crippen LogP contribution is -2.06. The highest BCUT2D eigenvalue weighted by Gasteiger charge is 2.22. The van der Waals surface area contributed by atoms with Crippen molar-refractivity contribution in [3.05, 3.63) is 72.8 Å². The largest absolute Gasteiger partial charge is 0.490 e. The predicted molar refractivity (Wildman–Crippen MR) is 490 cm³/mol. The van der Waals surface area contributed by atoms with Gasteiger partial charge in [0.2, 0.25) is 11.5 Å². The Morgan fingerprint density at radius 2 is 0.368 bits per heavy atom. The van der Waals surface area contributed by atoms with Crippen LogP contribution in [0.15, 0.2) is 83.0 Å². The zero-order chi connectivity index (χ0) is 80.3. The van der Waals surface area contributed by atoms with Crippen molar-refractivity contribution in [2.75, 3.05) is 39.6 Å². The molecule has 6 aromatic rings. The average molecular weight is 1610 g/mol. The van der Waals surface area contributed by atoms with Crippen molar-refractivity contribution in [2.45, 2.75) is 427 Å². The van der Waals surface area contributed by atoms with Crippen LogP contribution in [0.1, 0.15) is 427 Å². The van der Waals surface area contributed by atoms with Crippen LogP contribution in [0.5, 0.6) is 34.5 Å². The Morgan fingerprint density at radius 3 is 0.561 bits per heavy atom.